The van der Waals surface area contributed by atoms with E-state index in [1.54, 1.807) is 6.92 Å². The fourth-order valence-electron chi connectivity index (χ4n) is 3.42. The van der Waals surface area contributed by atoms with Gasteiger partial charge in [-0.3, -0.25) is 9.59 Å². The molecule has 1 aliphatic heterocycles. The van der Waals surface area contributed by atoms with Crippen molar-refractivity contribution in [3.05, 3.63) is 0 Å². The van der Waals surface area contributed by atoms with Crippen molar-refractivity contribution in [1.82, 2.24) is 10.2 Å². The Morgan fingerprint density at radius 1 is 1.22 bits per heavy atom. The van der Waals surface area contributed by atoms with Gasteiger partial charge in [0.15, 0.2) is 0 Å². The molecule has 2 fully saturated rings. The fourth-order valence-corrected chi connectivity index (χ4v) is 3.42. The lowest BCUT2D eigenvalue weighted by Gasteiger charge is -2.46. The Morgan fingerprint density at radius 3 is 2.56 bits per heavy atom. The van der Waals surface area contributed by atoms with Gasteiger partial charge >= 0.3 is 0 Å². The summed E-state index contributed by atoms with van der Waals surface area (Å²) in [6.07, 6.45) is 5.76. The number of carbonyl (C=O) groups is 2. The Kier molecular flexibility index (Phi) is 3.93. The Morgan fingerprint density at radius 2 is 1.89 bits per heavy atom. The van der Waals surface area contributed by atoms with E-state index in [1.807, 2.05) is 11.8 Å². The second-order valence-corrected chi connectivity index (χ2v) is 5.67. The summed E-state index contributed by atoms with van der Waals surface area (Å²) >= 11 is 0. The summed E-state index contributed by atoms with van der Waals surface area (Å²) in [6, 6.07) is -0.418. The molecular weight excluding hydrogens is 228 g/mol. The molecule has 4 atom stereocenters. The summed E-state index contributed by atoms with van der Waals surface area (Å²) in [6.45, 7) is 5.81. The Labute approximate surface area is 109 Å². The van der Waals surface area contributed by atoms with Crippen LogP contribution in [0.3, 0.4) is 0 Å². The number of carbonyl (C=O) groups excluding carboxylic acids is 2. The molecule has 4 heteroatoms. The molecule has 1 aliphatic carbocycles. The number of piperazine rings is 1. The number of hydrogen-bond donors (Lipinski definition) is 1. The normalized spacial score (nSPS) is 37.6. The molecule has 0 bridgehead atoms. The van der Waals surface area contributed by atoms with E-state index in [2.05, 4.69) is 12.2 Å². The maximum absolute atomic E-state index is 12.4. The summed E-state index contributed by atoms with van der Waals surface area (Å²) in [5.74, 6) is 0.637. The van der Waals surface area contributed by atoms with Crippen LogP contribution in [0.25, 0.3) is 0 Å². The Bertz CT molecular complexity index is 343. The van der Waals surface area contributed by atoms with Crippen molar-refractivity contribution in [3.63, 3.8) is 0 Å². The van der Waals surface area contributed by atoms with Gasteiger partial charge < -0.3 is 10.2 Å². The third kappa shape index (κ3) is 2.25. The second-order valence-electron chi connectivity index (χ2n) is 5.67. The van der Waals surface area contributed by atoms with E-state index in [0.717, 1.165) is 12.8 Å². The number of nitrogens with one attached hydrogen (secondary N) is 1. The van der Waals surface area contributed by atoms with E-state index >= 15 is 0 Å². The van der Waals surface area contributed by atoms with Crippen LogP contribution >= 0.6 is 0 Å². The highest BCUT2D eigenvalue weighted by Crippen LogP contribution is 2.33. The van der Waals surface area contributed by atoms with Crippen LogP contribution in [0.4, 0.5) is 0 Å². The summed E-state index contributed by atoms with van der Waals surface area (Å²) in [4.78, 5) is 26.1. The van der Waals surface area contributed by atoms with Crippen molar-refractivity contribution < 1.29 is 9.59 Å². The number of hydrogen-bond acceptors (Lipinski definition) is 2. The lowest BCUT2D eigenvalue weighted by atomic mass is 9.81. The Hall–Kier alpha value is -1.06. The van der Waals surface area contributed by atoms with E-state index in [1.165, 1.54) is 19.3 Å². The molecule has 2 amide bonds. The topological polar surface area (TPSA) is 49.4 Å². The van der Waals surface area contributed by atoms with Crippen molar-refractivity contribution in [3.8, 4) is 0 Å². The summed E-state index contributed by atoms with van der Waals surface area (Å²) in [5.41, 5.74) is 0. The number of nitrogens with zero attached hydrogens (tertiary/aromatic N) is 1. The lowest BCUT2D eigenvalue weighted by molar-refractivity contribution is -0.153. The molecule has 0 aromatic heterocycles. The standard InChI is InChI=1S/C14H24N2O2/c1-4-11-7-5-6-8-12(11)16-10(3)13(17)15-9(2)14(16)18/h9-12H,4-8H2,1-3H3,(H,15,17). The fraction of sp³-hybridized carbons (Fsp3) is 0.857. The largest absolute Gasteiger partial charge is 0.343 e. The summed E-state index contributed by atoms with van der Waals surface area (Å²) in [7, 11) is 0. The average molecular weight is 252 g/mol. The monoisotopic (exact) mass is 252 g/mol. The van der Waals surface area contributed by atoms with Crippen molar-refractivity contribution in [2.75, 3.05) is 0 Å². The van der Waals surface area contributed by atoms with Crippen LogP contribution in [0.5, 0.6) is 0 Å². The molecule has 4 unspecified atom stereocenters. The minimum Gasteiger partial charge on any atom is -0.343 e. The van der Waals surface area contributed by atoms with E-state index in [9.17, 15) is 9.59 Å². The average Bonchev–Trinajstić information content (AvgIpc) is 2.37. The molecule has 1 heterocycles. The third-order valence-electron chi connectivity index (χ3n) is 4.53. The van der Waals surface area contributed by atoms with Gasteiger partial charge in [-0.15, -0.1) is 0 Å². The van der Waals surface area contributed by atoms with Crippen LogP contribution in [0.1, 0.15) is 52.9 Å². The molecule has 1 saturated heterocycles. The van der Waals surface area contributed by atoms with E-state index < -0.39 is 0 Å². The molecule has 18 heavy (non-hydrogen) atoms. The zero-order chi connectivity index (χ0) is 13.3. The van der Waals surface area contributed by atoms with Crippen LogP contribution in [0.2, 0.25) is 0 Å². The first-order valence-corrected chi connectivity index (χ1v) is 7.18. The van der Waals surface area contributed by atoms with Gasteiger partial charge in [0.25, 0.3) is 0 Å². The SMILES string of the molecule is CCC1CCCCC1N1C(=O)C(C)NC(=O)C1C. The highest BCUT2D eigenvalue weighted by Gasteiger charge is 2.42. The molecule has 0 radical (unpaired) electrons. The van der Waals surface area contributed by atoms with Crippen molar-refractivity contribution >= 4 is 11.8 Å². The summed E-state index contributed by atoms with van der Waals surface area (Å²) in [5, 5.41) is 2.75. The van der Waals surface area contributed by atoms with Gasteiger partial charge in [-0.1, -0.05) is 26.2 Å². The predicted molar refractivity (Wildman–Crippen MR) is 69.9 cm³/mol. The van der Waals surface area contributed by atoms with Gasteiger partial charge in [0.05, 0.1) is 0 Å². The molecule has 1 saturated carbocycles. The summed E-state index contributed by atoms with van der Waals surface area (Å²) < 4.78 is 0. The van der Waals surface area contributed by atoms with Crippen LogP contribution in [0.15, 0.2) is 0 Å². The zero-order valence-corrected chi connectivity index (χ0v) is 11.6. The Balaban J connectivity index is 2.22. The minimum absolute atomic E-state index is 0.0115. The highest BCUT2D eigenvalue weighted by atomic mass is 16.2. The quantitative estimate of drug-likeness (QED) is 0.813. The second kappa shape index (κ2) is 5.29. The van der Waals surface area contributed by atoms with Gasteiger partial charge in [0.2, 0.25) is 11.8 Å². The molecule has 2 aliphatic rings. The van der Waals surface area contributed by atoms with E-state index in [4.69, 9.17) is 0 Å². The first-order chi connectivity index (χ1) is 8.56. The predicted octanol–water partition coefficient (Wildman–Crippen LogP) is 1.69. The van der Waals surface area contributed by atoms with Crippen molar-refractivity contribution in [2.24, 2.45) is 5.92 Å². The van der Waals surface area contributed by atoms with Crippen LogP contribution in [-0.2, 0) is 9.59 Å². The van der Waals surface area contributed by atoms with Gasteiger partial charge in [-0.05, 0) is 32.6 Å². The van der Waals surface area contributed by atoms with Gasteiger partial charge in [-0.25, -0.2) is 0 Å². The van der Waals surface area contributed by atoms with E-state index in [-0.39, 0.29) is 29.9 Å². The first kappa shape index (κ1) is 13.4. The maximum Gasteiger partial charge on any atom is 0.245 e. The molecule has 0 spiro atoms. The highest BCUT2D eigenvalue weighted by molar-refractivity contribution is 5.96. The third-order valence-corrected chi connectivity index (χ3v) is 4.53. The van der Waals surface area contributed by atoms with Gasteiger partial charge in [-0.2, -0.15) is 0 Å². The van der Waals surface area contributed by atoms with E-state index in [0.29, 0.717) is 5.92 Å². The molecular formula is C14H24N2O2. The number of amides is 2. The van der Waals surface area contributed by atoms with Crippen LogP contribution in [-0.4, -0.2) is 34.8 Å². The van der Waals surface area contributed by atoms with Crippen LogP contribution < -0.4 is 5.32 Å². The molecule has 102 valence electrons. The van der Waals surface area contributed by atoms with Gasteiger partial charge in [0.1, 0.15) is 12.1 Å². The maximum atomic E-state index is 12.4. The van der Waals surface area contributed by atoms with Crippen molar-refractivity contribution in [1.29, 1.82) is 0 Å². The molecule has 0 aromatic rings. The smallest absolute Gasteiger partial charge is 0.245 e. The lowest BCUT2D eigenvalue weighted by Crippen LogP contribution is -2.65. The van der Waals surface area contributed by atoms with Crippen LogP contribution in [0, 0.1) is 5.92 Å². The van der Waals surface area contributed by atoms with Crippen molar-refractivity contribution in [2.45, 2.75) is 71.0 Å². The molecule has 4 nitrogen and oxygen atoms in total. The first-order valence-electron chi connectivity index (χ1n) is 7.18. The zero-order valence-electron chi connectivity index (χ0n) is 11.6. The molecule has 2 rings (SSSR count). The van der Waals surface area contributed by atoms with Gasteiger partial charge in [0, 0.05) is 6.04 Å². The molecule has 1 N–H and O–H groups in total. The number of rotatable bonds is 2. The molecule has 0 aromatic carbocycles. The minimum atomic E-state index is -0.367.